The highest BCUT2D eigenvalue weighted by Gasteiger charge is 2.27. The van der Waals surface area contributed by atoms with Gasteiger partial charge in [0.1, 0.15) is 12.4 Å². The Morgan fingerprint density at radius 3 is 2.82 bits per heavy atom. The van der Waals surface area contributed by atoms with Gasteiger partial charge in [-0.2, -0.15) is 5.10 Å². The first-order valence-corrected chi connectivity index (χ1v) is 11.5. The topological polar surface area (TPSA) is 111 Å². The monoisotopic (exact) mass is 539 g/mol. The molecule has 1 aliphatic heterocycles. The predicted octanol–water partition coefficient (Wildman–Crippen LogP) is 4.57. The number of ether oxygens (including phenoxy) is 1. The van der Waals surface area contributed by atoms with Crippen LogP contribution >= 0.6 is 47.0 Å². The number of aromatic nitrogens is 3. The molecule has 176 valence electrons. The second kappa shape index (κ2) is 10.6. The van der Waals surface area contributed by atoms with Gasteiger partial charge in [-0.25, -0.2) is 4.68 Å². The number of nitrogens with zero attached hydrogens (tertiary/aromatic N) is 3. The number of para-hydroxylation sites is 1. The molecule has 1 aliphatic rings. The summed E-state index contributed by atoms with van der Waals surface area (Å²) in [6.07, 6.45) is 0.107. The lowest BCUT2D eigenvalue weighted by molar-refractivity contribution is -0.133. The third-order valence-corrected chi connectivity index (χ3v) is 5.94. The van der Waals surface area contributed by atoms with Crippen LogP contribution in [0.4, 0.5) is 0 Å². The van der Waals surface area contributed by atoms with E-state index in [2.05, 4.69) is 20.8 Å². The van der Waals surface area contributed by atoms with Gasteiger partial charge in [-0.05, 0) is 36.5 Å². The van der Waals surface area contributed by atoms with Crippen LogP contribution in [0.25, 0.3) is 0 Å². The van der Waals surface area contributed by atoms with Crippen molar-refractivity contribution in [2.75, 3.05) is 11.3 Å². The van der Waals surface area contributed by atoms with E-state index in [0.29, 0.717) is 27.9 Å². The van der Waals surface area contributed by atoms with Crippen molar-refractivity contribution < 1.29 is 19.2 Å². The van der Waals surface area contributed by atoms with Crippen LogP contribution in [0.3, 0.4) is 0 Å². The van der Waals surface area contributed by atoms with E-state index in [4.69, 9.17) is 56.6 Å². The lowest BCUT2D eigenvalue weighted by Crippen LogP contribution is -2.32. The van der Waals surface area contributed by atoms with E-state index in [1.54, 1.807) is 24.3 Å². The van der Waals surface area contributed by atoms with Crippen molar-refractivity contribution in [2.45, 2.75) is 19.1 Å². The summed E-state index contributed by atoms with van der Waals surface area (Å²) < 4.78 is 7.18. The quantitative estimate of drug-likeness (QED) is 0.246. The van der Waals surface area contributed by atoms with Crippen LogP contribution in [0, 0.1) is 4.77 Å². The van der Waals surface area contributed by atoms with Gasteiger partial charge < -0.3 is 9.57 Å². The molecule has 2 N–H and O–H groups in total. The fourth-order valence-electron chi connectivity index (χ4n) is 3.21. The number of halogens is 3. The molecular weight excluding hydrogens is 525 g/mol. The van der Waals surface area contributed by atoms with Crippen LogP contribution in [0.1, 0.15) is 29.5 Å². The van der Waals surface area contributed by atoms with Crippen LogP contribution < -0.4 is 10.2 Å². The lowest BCUT2D eigenvalue weighted by Gasteiger charge is -2.13. The summed E-state index contributed by atoms with van der Waals surface area (Å²) in [6.45, 7) is -0.0694. The van der Waals surface area contributed by atoms with Crippen molar-refractivity contribution in [3.8, 4) is 5.75 Å². The number of hydrogen-bond donors (Lipinski definition) is 2. The standard InChI is InChI=1S/C21H16Cl3N5O4S/c22-9-16(30)20(31)27-29-19(25-26-21(29)34)10-32-17-4-2-1-3-13(17)15-8-18(33-28-15)12-6-5-11(23)7-14(12)24/h1-7,18H,8-10H2,(H,26,34)(H,27,31). The molecule has 1 amide bonds. The normalized spacial score (nSPS) is 14.9. The molecule has 0 radical (unpaired) electrons. The maximum Gasteiger partial charge on any atom is 0.307 e. The molecule has 4 rings (SSSR count). The van der Waals surface area contributed by atoms with Crippen molar-refractivity contribution in [2.24, 2.45) is 5.16 Å². The second-order valence-electron chi connectivity index (χ2n) is 7.06. The van der Waals surface area contributed by atoms with Crippen LogP contribution in [0.15, 0.2) is 47.6 Å². The second-order valence-corrected chi connectivity index (χ2v) is 8.56. The molecule has 2 aromatic carbocycles. The Labute approximate surface area is 213 Å². The summed E-state index contributed by atoms with van der Waals surface area (Å²) >= 11 is 22.8. The molecule has 1 unspecified atom stereocenters. The Morgan fingerprint density at radius 2 is 2.06 bits per heavy atom. The number of aromatic amines is 1. The number of alkyl halides is 1. The van der Waals surface area contributed by atoms with Gasteiger partial charge in [0.15, 0.2) is 11.9 Å². The molecule has 1 aromatic heterocycles. The third kappa shape index (κ3) is 5.25. The zero-order valence-electron chi connectivity index (χ0n) is 17.3. The summed E-state index contributed by atoms with van der Waals surface area (Å²) in [5, 5.41) is 11.9. The maximum absolute atomic E-state index is 11.9. The minimum Gasteiger partial charge on any atom is -0.485 e. The summed E-state index contributed by atoms with van der Waals surface area (Å²) in [4.78, 5) is 29.0. The molecule has 0 saturated heterocycles. The molecule has 13 heteroatoms. The van der Waals surface area contributed by atoms with Crippen LogP contribution in [0.2, 0.25) is 10.0 Å². The van der Waals surface area contributed by atoms with Gasteiger partial charge in [0.2, 0.25) is 10.6 Å². The number of carbonyl (C=O) groups is 2. The maximum atomic E-state index is 11.9. The van der Waals surface area contributed by atoms with Crippen molar-refractivity contribution >= 4 is 64.4 Å². The van der Waals surface area contributed by atoms with Crippen molar-refractivity contribution in [3.63, 3.8) is 0 Å². The molecule has 0 aliphatic carbocycles. The lowest BCUT2D eigenvalue weighted by atomic mass is 9.99. The van der Waals surface area contributed by atoms with Gasteiger partial charge in [0.05, 0.1) is 11.6 Å². The van der Waals surface area contributed by atoms with Gasteiger partial charge in [-0.15, -0.1) is 11.6 Å². The summed E-state index contributed by atoms with van der Waals surface area (Å²) in [6, 6.07) is 12.5. The van der Waals surface area contributed by atoms with E-state index in [0.717, 1.165) is 15.8 Å². The smallest absolute Gasteiger partial charge is 0.307 e. The first-order valence-electron chi connectivity index (χ1n) is 9.83. The van der Waals surface area contributed by atoms with Gasteiger partial charge >= 0.3 is 5.91 Å². The molecule has 0 saturated carbocycles. The highest BCUT2D eigenvalue weighted by Crippen LogP contribution is 2.36. The fourth-order valence-corrected chi connectivity index (χ4v) is 4.05. The number of rotatable bonds is 8. The SMILES string of the molecule is O=C(CCl)C(=O)Nn1c(COc2ccccc2C2=NOC(c3ccc(Cl)cc3Cl)C2)n[nH]c1=S. The molecule has 0 fully saturated rings. The molecular formula is C21H16Cl3N5O4S. The number of hydrogen-bond acceptors (Lipinski definition) is 7. The Morgan fingerprint density at radius 1 is 1.26 bits per heavy atom. The third-order valence-electron chi connectivity index (χ3n) is 4.86. The van der Waals surface area contributed by atoms with Crippen LogP contribution in [0.5, 0.6) is 5.75 Å². The van der Waals surface area contributed by atoms with E-state index in [9.17, 15) is 9.59 Å². The number of amides is 1. The highest BCUT2D eigenvalue weighted by molar-refractivity contribution is 7.71. The average Bonchev–Trinajstić information content (AvgIpc) is 3.44. The van der Waals surface area contributed by atoms with Crippen molar-refractivity contribution in [3.05, 3.63) is 74.2 Å². The van der Waals surface area contributed by atoms with Crippen molar-refractivity contribution in [1.29, 1.82) is 0 Å². The van der Waals surface area contributed by atoms with Gasteiger partial charge in [0, 0.05) is 27.6 Å². The number of nitrogens with one attached hydrogen (secondary N) is 2. The van der Waals surface area contributed by atoms with E-state index in [-0.39, 0.29) is 23.3 Å². The number of Topliss-reactive ketones (excluding diaryl/α,β-unsaturated/α-hetero) is 1. The Balaban J connectivity index is 1.49. The fraction of sp³-hybridized carbons (Fsp3) is 0.190. The van der Waals surface area contributed by atoms with E-state index in [1.807, 2.05) is 18.2 Å². The minimum atomic E-state index is -0.918. The minimum absolute atomic E-state index is 0.0694. The Bertz CT molecular complexity index is 1340. The molecule has 3 aromatic rings. The van der Waals surface area contributed by atoms with Gasteiger partial charge in [-0.3, -0.25) is 20.1 Å². The summed E-state index contributed by atoms with van der Waals surface area (Å²) in [5.41, 5.74) is 4.52. The molecule has 0 bridgehead atoms. The first kappa shape index (κ1) is 24.2. The number of oxime groups is 1. The summed E-state index contributed by atoms with van der Waals surface area (Å²) in [5.74, 6) is -1.43. The van der Waals surface area contributed by atoms with Gasteiger partial charge in [0.25, 0.3) is 0 Å². The number of benzene rings is 2. The first-order chi connectivity index (χ1) is 16.4. The molecule has 0 spiro atoms. The van der Waals surface area contributed by atoms with E-state index in [1.165, 1.54) is 0 Å². The molecule has 2 heterocycles. The Kier molecular flexibility index (Phi) is 7.52. The van der Waals surface area contributed by atoms with Crippen molar-refractivity contribution in [1.82, 2.24) is 14.9 Å². The zero-order chi connectivity index (χ0) is 24.2. The number of carbonyl (C=O) groups excluding carboxylic acids is 2. The highest BCUT2D eigenvalue weighted by atomic mass is 35.5. The Hall–Kier alpha value is -2.92. The zero-order valence-corrected chi connectivity index (χ0v) is 20.3. The van der Waals surface area contributed by atoms with Gasteiger partial charge in [-0.1, -0.05) is 46.6 Å². The molecule has 1 atom stereocenters. The molecule has 9 nitrogen and oxygen atoms in total. The number of H-pyrrole nitrogens is 1. The van der Waals surface area contributed by atoms with E-state index >= 15 is 0 Å². The molecule has 34 heavy (non-hydrogen) atoms. The van der Waals surface area contributed by atoms with E-state index < -0.39 is 17.6 Å². The average molecular weight is 541 g/mol. The largest absolute Gasteiger partial charge is 0.485 e. The summed E-state index contributed by atoms with van der Waals surface area (Å²) in [7, 11) is 0. The number of ketones is 1. The van der Waals surface area contributed by atoms with Crippen LogP contribution in [-0.4, -0.2) is 38.2 Å². The van der Waals surface area contributed by atoms with Crippen LogP contribution in [-0.2, 0) is 21.0 Å². The predicted molar refractivity (Wildman–Crippen MR) is 130 cm³/mol.